The second-order valence-corrected chi connectivity index (χ2v) is 9.90. The van der Waals surface area contributed by atoms with Crippen LogP contribution in [0.2, 0.25) is 0 Å². The quantitative estimate of drug-likeness (QED) is 0.822. The largest absolute Gasteiger partial charge is 0.334 e. The maximum atomic E-state index is 13.4. The van der Waals surface area contributed by atoms with Gasteiger partial charge in [-0.05, 0) is 49.8 Å². The summed E-state index contributed by atoms with van der Waals surface area (Å²) in [5.74, 6) is 0.0130. The topological polar surface area (TPSA) is 99.3 Å². The Morgan fingerprint density at radius 1 is 1.10 bits per heavy atom. The lowest BCUT2D eigenvalue weighted by Crippen LogP contribution is -2.46. The van der Waals surface area contributed by atoms with E-state index in [0.29, 0.717) is 25.9 Å². The third-order valence-corrected chi connectivity index (χ3v) is 7.35. The zero-order chi connectivity index (χ0) is 20.4. The van der Waals surface area contributed by atoms with Crippen LogP contribution in [0.1, 0.15) is 43.8 Å². The number of aromatic amines is 1. The van der Waals surface area contributed by atoms with Crippen LogP contribution in [0, 0.1) is 5.92 Å². The number of piperidine rings is 2. The Hall–Kier alpha value is -2.26. The van der Waals surface area contributed by atoms with Gasteiger partial charge in [-0.1, -0.05) is 0 Å². The number of pyridine rings is 1. The Morgan fingerprint density at radius 2 is 1.83 bits per heavy atom. The van der Waals surface area contributed by atoms with Crippen LogP contribution in [0.5, 0.6) is 0 Å². The molecule has 0 saturated carbocycles. The van der Waals surface area contributed by atoms with Gasteiger partial charge >= 0.3 is 0 Å². The summed E-state index contributed by atoms with van der Waals surface area (Å²) in [7, 11) is -3.19. The average molecular weight is 418 g/mol. The van der Waals surface area contributed by atoms with Gasteiger partial charge in [0.05, 0.1) is 24.2 Å². The van der Waals surface area contributed by atoms with Crippen LogP contribution in [-0.4, -0.2) is 64.6 Å². The van der Waals surface area contributed by atoms with Gasteiger partial charge in [-0.2, -0.15) is 5.10 Å². The summed E-state index contributed by atoms with van der Waals surface area (Å²) in [4.78, 5) is 19.4. The molecule has 29 heavy (non-hydrogen) atoms. The Kier molecular flexibility index (Phi) is 5.69. The number of amides is 1. The second kappa shape index (κ2) is 8.23. The van der Waals surface area contributed by atoms with E-state index >= 15 is 0 Å². The number of sulfonamides is 1. The molecule has 0 radical (unpaired) electrons. The molecule has 8 nitrogen and oxygen atoms in total. The standard InChI is InChI=1S/C20H27N5O3S/c1-29(27,28)24-12-7-16(8-13-24)20(26)25-11-3-2-4-18(25)19-17(14-22-23-19)15-5-9-21-10-6-15/h5-6,9-10,14,16,18H,2-4,7-8,11-13H2,1H3,(H,22,23). The van der Waals surface area contributed by atoms with Crippen LogP contribution in [0.15, 0.2) is 30.7 Å². The van der Waals surface area contributed by atoms with E-state index in [1.807, 2.05) is 23.2 Å². The van der Waals surface area contributed by atoms with Gasteiger partial charge in [0.1, 0.15) is 0 Å². The van der Waals surface area contributed by atoms with E-state index in [1.54, 1.807) is 12.4 Å². The highest BCUT2D eigenvalue weighted by Crippen LogP contribution is 2.37. The molecule has 2 fully saturated rings. The average Bonchev–Trinajstić information content (AvgIpc) is 3.23. The van der Waals surface area contributed by atoms with E-state index in [1.165, 1.54) is 10.6 Å². The molecule has 2 aromatic rings. The highest BCUT2D eigenvalue weighted by Gasteiger charge is 2.36. The second-order valence-electron chi connectivity index (χ2n) is 7.91. The van der Waals surface area contributed by atoms with Crippen molar-refractivity contribution in [1.29, 1.82) is 0 Å². The van der Waals surface area contributed by atoms with Crippen LogP contribution in [0.25, 0.3) is 11.1 Å². The van der Waals surface area contributed by atoms with Gasteiger partial charge in [0.25, 0.3) is 0 Å². The summed E-state index contributed by atoms with van der Waals surface area (Å²) in [6.07, 6.45) is 10.7. The number of H-pyrrole nitrogens is 1. The molecule has 0 aliphatic carbocycles. The lowest BCUT2D eigenvalue weighted by molar-refractivity contribution is -0.140. The third kappa shape index (κ3) is 4.20. The minimum Gasteiger partial charge on any atom is -0.334 e. The predicted molar refractivity (Wildman–Crippen MR) is 109 cm³/mol. The van der Waals surface area contributed by atoms with Crippen molar-refractivity contribution < 1.29 is 13.2 Å². The van der Waals surface area contributed by atoms with Gasteiger partial charge in [0, 0.05) is 43.5 Å². The highest BCUT2D eigenvalue weighted by molar-refractivity contribution is 7.88. The number of nitrogens with zero attached hydrogens (tertiary/aromatic N) is 4. The van der Waals surface area contributed by atoms with Gasteiger partial charge in [-0.15, -0.1) is 0 Å². The molecule has 2 aliphatic rings. The summed E-state index contributed by atoms with van der Waals surface area (Å²) < 4.78 is 25.0. The van der Waals surface area contributed by atoms with Crippen molar-refractivity contribution >= 4 is 15.9 Å². The van der Waals surface area contributed by atoms with Crippen molar-refractivity contribution in [3.8, 4) is 11.1 Å². The maximum absolute atomic E-state index is 13.4. The molecule has 2 aromatic heterocycles. The molecular formula is C20H27N5O3S. The molecule has 4 heterocycles. The Bertz CT molecular complexity index is 952. The fourth-order valence-electron chi connectivity index (χ4n) is 4.48. The fraction of sp³-hybridized carbons (Fsp3) is 0.550. The van der Waals surface area contributed by atoms with E-state index in [-0.39, 0.29) is 17.9 Å². The van der Waals surface area contributed by atoms with Crippen molar-refractivity contribution in [3.63, 3.8) is 0 Å². The molecule has 156 valence electrons. The Balaban J connectivity index is 1.54. The summed E-state index contributed by atoms with van der Waals surface area (Å²) in [6.45, 7) is 1.56. The van der Waals surface area contributed by atoms with Crippen LogP contribution in [0.4, 0.5) is 0 Å². The molecular weight excluding hydrogens is 390 g/mol. The number of carbonyl (C=O) groups excluding carboxylic acids is 1. The normalized spacial score (nSPS) is 22.0. The number of nitrogens with one attached hydrogen (secondary N) is 1. The van der Waals surface area contributed by atoms with E-state index < -0.39 is 10.0 Å². The van der Waals surface area contributed by atoms with Gasteiger partial charge in [-0.3, -0.25) is 14.9 Å². The van der Waals surface area contributed by atoms with Gasteiger partial charge in [0.2, 0.25) is 15.9 Å². The smallest absolute Gasteiger partial charge is 0.226 e. The third-order valence-electron chi connectivity index (χ3n) is 6.05. The number of hydrogen-bond acceptors (Lipinski definition) is 5. The van der Waals surface area contributed by atoms with Crippen molar-refractivity contribution in [2.24, 2.45) is 5.92 Å². The molecule has 1 amide bonds. The SMILES string of the molecule is CS(=O)(=O)N1CCC(C(=O)N2CCCCC2c2[nH]ncc2-c2ccncc2)CC1. The minimum atomic E-state index is -3.19. The van der Waals surface area contributed by atoms with E-state index in [0.717, 1.165) is 42.6 Å². The Morgan fingerprint density at radius 3 is 2.52 bits per heavy atom. The summed E-state index contributed by atoms with van der Waals surface area (Å²) in [5, 5.41) is 7.40. The fourth-order valence-corrected chi connectivity index (χ4v) is 5.35. The monoisotopic (exact) mass is 417 g/mol. The van der Waals surface area contributed by atoms with E-state index in [4.69, 9.17) is 0 Å². The zero-order valence-electron chi connectivity index (χ0n) is 16.6. The van der Waals surface area contributed by atoms with Crippen LogP contribution in [-0.2, 0) is 14.8 Å². The first-order valence-corrected chi connectivity index (χ1v) is 12.0. The number of carbonyl (C=O) groups is 1. The van der Waals surface area contributed by atoms with Crippen molar-refractivity contribution in [2.45, 2.75) is 38.1 Å². The first-order chi connectivity index (χ1) is 13.9. The molecule has 0 aromatic carbocycles. The highest BCUT2D eigenvalue weighted by atomic mass is 32.2. The molecule has 2 saturated heterocycles. The minimum absolute atomic E-state index is 0.0325. The molecule has 1 atom stereocenters. The summed E-state index contributed by atoms with van der Waals surface area (Å²) in [5.41, 5.74) is 3.00. The van der Waals surface area contributed by atoms with Gasteiger partial charge in [0.15, 0.2) is 0 Å². The Labute approximate surface area is 171 Å². The lowest BCUT2D eigenvalue weighted by atomic mass is 9.91. The van der Waals surface area contributed by atoms with Crippen molar-refractivity contribution in [3.05, 3.63) is 36.4 Å². The maximum Gasteiger partial charge on any atom is 0.226 e. The first kappa shape index (κ1) is 20.0. The molecule has 1 N–H and O–H groups in total. The van der Waals surface area contributed by atoms with Crippen molar-refractivity contribution in [2.75, 3.05) is 25.9 Å². The zero-order valence-corrected chi connectivity index (χ0v) is 17.4. The van der Waals surface area contributed by atoms with E-state index in [9.17, 15) is 13.2 Å². The number of likely N-dealkylation sites (tertiary alicyclic amines) is 1. The molecule has 9 heteroatoms. The van der Waals surface area contributed by atoms with Crippen molar-refractivity contribution in [1.82, 2.24) is 24.4 Å². The van der Waals surface area contributed by atoms with Gasteiger partial charge < -0.3 is 4.90 Å². The molecule has 2 aliphatic heterocycles. The molecule has 0 spiro atoms. The number of aromatic nitrogens is 3. The first-order valence-electron chi connectivity index (χ1n) is 10.1. The predicted octanol–water partition coefficient (Wildman–Crippen LogP) is 2.20. The van der Waals surface area contributed by atoms with Crippen LogP contribution in [0.3, 0.4) is 0 Å². The number of rotatable bonds is 4. The summed E-state index contributed by atoms with van der Waals surface area (Å²) in [6, 6.07) is 3.86. The van der Waals surface area contributed by atoms with Crippen LogP contribution >= 0.6 is 0 Å². The molecule has 4 rings (SSSR count). The lowest BCUT2D eigenvalue weighted by Gasteiger charge is -2.39. The van der Waals surface area contributed by atoms with Gasteiger partial charge in [-0.25, -0.2) is 12.7 Å². The molecule has 0 bridgehead atoms. The van der Waals surface area contributed by atoms with E-state index in [2.05, 4.69) is 15.2 Å². The molecule has 1 unspecified atom stereocenters. The summed E-state index contributed by atoms with van der Waals surface area (Å²) >= 11 is 0. The number of hydrogen-bond donors (Lipinski definition) is 1. The van der Waals surface area contributed by atoms with Crippen LogP contribution < -0.4 is 0 Å².